The molecule has 0 bridgehead atoms. The first-order valence-electron chi connectivity index (χ1n) is 14.8. The largest absolute Gasteiger partial charge is 0.379 e. The molecule has 0 aliphatic carbocycles. The van der Waals surface area contributed by atoms with Crippen molar-refractivity contribution in [3.8, 4) is 0 Å². The summed E-state index contributed by atoms with van der Waals surface area (Å²) in [7, 11) is 3.14. The first-order chi connectivity index (χ1) is 22.0. The quantitative estimate of drug-likeness (QED) is 0.0452. The fourth-order valence-electron chi connectivity index (χ4n) is 2.96. The van der Waals surface area contributed by atoms with Gasteiger partial charge in [-0.05, 0) is 0 Å². The molecule has 0 heterocycles. The van der Waals surface area contributed by atoms with Crippen molar-refractivity contribution in [2.45, 2.75) is 13.3 Å². The highest BCUT2D eigenvalue weighted by Crippen LogP contribution is 1.89. The lowest BCUT2D eigenvalue weighted by Gasteiger charge is -2.21. The molecule has 0 saturated heterocycles. The second kappa shape index (κ2) is 27.4. The first kappa shape index (κ1) is 42.1. The van der Waals surface area contributed by atoms with Gasteiger partial charge in [-0.15, -0.1) is 0 Å². The van der Waals surface area contributed by atoms with Crippen LogP contribution in [0.1, 0.15) is 13.3 Å². The van der Waals surface area contributed by atoms with Crippen LogP contribution in [0.15, 0.2) is 0 Å². The molecule has 46 heavy (non-hydrogen) atoms. The summed E-state index contributed by atoms with van der Waals surface area (Å²) in [5.41, 5.74) is 5.30. The van der Waals surface area contributed by atoms with Crippen molar-refractivity contribution in [1.82, 2.24) is 36.4 Å². The van der Waals surface area contributed by atoms with Crippen LogP contribution in [0.5, 0.6) is 0 Å². The normalized spacial score (nSPS) is 10.4. The monoisotopic (exact) mass is 662 g/mol. The number of ether oxygens (including phenoxy) is 4. The maximum absolute atomic E-state index is 12.1. The Bertz CT molecular complexity index is 955. The molecular weight excluding hydrogens is 612 g/mol. The third-order valence-corrected chi connectivity index (χ3v) is 5.81. The molecule has 0 aromatic carbocycles. The van der Waals surface area contributed by atoms with E-state index >= 15 is 0 Å². The molecule has 19 heteroatoms. The standard InChI is InChI=1S/C27H50N8O11/c1-21(36)34(2)6-7-35(3)27(42)20-33-26(41)19-32-25(40)18-31-24(39)17-30-23(38)16-29-22(37)4-8-43-10-12-45-14-15-46-13-11-44-9-5-28/h4-20,28H2,1-3H3,(H,29,37)(H,30,38)(H,31,39)(H,32,40)(H,33,41). The van der Waals surface area contributed by atoms with E-state index in [4.69, 9.17) is 24.7 Å². The topological polar surface area (TPSA) is 249 Å². The highest BCUT2D eigenvalue weighted by atomic mass is 16.6. The summed E-state index contributed by atoms with van der Waals surface area (Å²) in [5, 5.41) is 11.6. The highest BCUT2D eigenvalue weighted by molar-refractivity contribution is 5.91. The summed E-state index contributed by atoms with van der Waals surface area (Å²) < 4.78 is 21.1. The molecular formula is C27H50N8O11. The lowest BCUT2D eigenvalue weighted by atomic mass is 10.4. The van der Waals surface area contributed by atoms with Gasteiger partial charge in [-0.3, -0.25) is 33.6 Å². The molecule has 7 amide bonds. The van der Waals surface area contributed by atoms with Crippen molar-refractivity contribution in [2.24, 2.45) is 5.73 Å². The summed E-state index contributed by atoms with van der Waals surface area (Å²) in [6.45, 7) is 3.55. The summed E-state index contributed by atoms with van der Waals surface area (Å²) >= 11 is 0. The van der Waals surface area contributed by atoms with Gasteiger partial charge in [0, 0.05) is 47.1 Å². The molecule has 0 aromatic rings. The van der Waals surface area contributed by atoms with Crippen LogP contribution in [0.2, 0.25) is 0 Å². The van der Waals surface area contributed by atoms with Gasteiger partial charge in [0.1, 0.15) is 0 Å². The molecule has 0 aromatic heterocycles. The fourth-order valence-corrected chi connectivity index (χ4v) is 2.96. The van der Waals surface area contributed by atoms with Gasteiger partial charge in [0.15, 0.2) is 0 Å². The number of likely N-dealkylation sites (N-methyl/N-ethyl adjacent to an activating group) is 2. The molecule has 0 saturated carbocycles. The van der Waals surface area contributed by atoms with Gasteiger partial charge >= 0.3 is 0 Å². The molecule has 0 rings (SSSR count). The maximum Gasteiger partial charge on any atom is 0.241 e. The second-order valence-electron chi connectivity index (χ2n) is 9.63. The third kappa shape index (κ3) is 25.4. The molecule has 0 spiro atoms. The molecule has 0 aliphatic rings. The molecule has 7 N–H and O–H groups in total. The number of carbonyl (C=O) groups excluding carboxylic acids is 7. The lowest BCUT2D eigenvalue weighted by molar-refractivity contribution is -0.133. The van der Waals surface area contributed by atoms with Crippen LogP contribution in [-0.4, -0.2) is 170 Å². The van der Waals surface area contributed by atoms with Gasteiger partial charge in [-0.2, -0.15) is 0 Å². The SMILES string of the molecule is CC(=O)N(C)CCN(C)C(=O)CNC(=O)CNC(=O)CNC(=O)CNC(=O)CNC(=O)CCOCCOCCOCCOCCN. The third-order valence-electron chi connectivity index (χ3n) is 5.81. The number of carbonyl (C=O) groups is 7. The summed E-state index contributed by atoms with van der Waals surface area (Å²) in [4.78, 5) is 85.4. The van der Waals surface area contributed by atoms with E-state index in [1.165, 1.54) is 23.8 Å². The van der Waals surface area contributed by atoms with E-state index in [0.717, 1.165) is 0 Å². The van der Waals surface area contributed by atoms with Crippen LogP contribution < -0.4 is 32.3 Å². The van der Waals surface area contributed by atoms with E-state index in [1.54, 1.807) is 7.05 Å². The number of nitrogens with zero attached hydrogens (tertiary/aromatic N) is 2. The molecule has 19 nitrogen and oxygen atoms in total. The van der Waals surface area contributed by atoms with Crippen LogP contribution in [0, 0.1) is 0 Å². The van der Waals surface area contributed by atoms with Crippen molar-refractivity contribution in [1.29, 1.82) is 0 Å². The molecule has 0 fully saturated rings. The van der Waals surface area contributed by atoms with Crippen molar-refractivity contribution >= 4 is 41.4 Å². The van der Waals surface area contributed by atoms with Crippen LogP contribution >= 0.6 is 0 Å². The second-order valence-corrected chi connectivity index (χ2v) is 9.63. The Balaban J connectivity index is 3.79. The van der Waals surface area contributed by atoms with Crippen LogP contribution in [-0.2, 0) is 52.5 Å². The van der Waals surface area contributed by atoms with Gasteiger partial charge < -0.3 is 61.1 Å². The molecule has 0 atom stereocenters. The van der Waals surface area contributed by atoms with E-state index < -0.39 is 49.2 Å². The summed E-state index contributed by atoms with van der Waals surface area (Å²) in [5.74, 6) is -3.49. The van der Waals surface area contributed by atoms with Crippen LogP contribution in [0.25, 0.3) is 0 Å². The molecule has 264 valence electrons. The number of rotatable bonds is 27. The van der Waals surface area contributed by atoms with Crippen molar-refractivity contribution < 1.29 is 52.5 Å². The van der Waals surface area contributed by atoms with E-state index in [2.05, 4.69) is 26.6 Å². The Morgan fingerprint density at radius 2 is 0.848 bits per heavy atom. The molecule has 0 radical (unpaired) electrons. The van der Waals surface area contributed by atoms with E-state index in [1.807, 2.05) is 0 Å². The Labute approximate surface area is 268 Å². The lowest BCUT2D eigenvalue weighted by Crippen LogP contribution is -2.46. The smallest absolute Gasteiger partial charge is 0.241 e. The average Bonchev–Trinajstić information content (AvgIpc) is 3.03. The zero-order valence-electron chi connectivity index (χ0n) is 27.0. The van der Waals surface area contributed by atoms with Gasteiger partial charge in [0.2, 0.25) is 41.4 Å². The zero-order chi connectivity index (χ0) is 34.6. The van der Waals surface area contributed by atoms with Gasteiger partial charge in [-0.1, -0.05) is 0 Å². The van der Waals surface area contributed by atoms with Gasteiger partial charge in [-0.25, -0.2) is 0 Å². The summed E-state index contributed by atoms with van der Waals surface area (Å²) in [6, 6.07) is 0. The highest BCUT2D eigenvalue weighted by Gasteiger charge is 2.13. The predicted octanol–water partition coefficient (Wildman–Crippen LogP) is -5.08. The van der Waals surface area contributed by atoms with Gasteiger partial charge in [0.25, 0.3) is 0 Å². The maximum atomic E-state index is 12.1. The number of amides is 7. The molecule has 0 unspecified atom stereocenters. The van der Waals surface area contributed by atoms with Crippen LogP contribution in [0.4, 0.5) is 0 Å². The van der Waals surface area contributed by atoms with E-state index in [9.17, 15) is 33.6 Å². The van der Waals surface area contributed by atoms with Crippen molar-refractivity contribution in [2.75, 3.05) is 119 Å². The van der Waals surface area contributed by atoms with Crippen LogP contribution in [0.3, 0.4) is 0 Å². The predicted molar refractivity (Wildman–Crippen MR) is 163 cm³/mol. The Morgan fingerprint density at radius 1 is 0.500 bits per heavy atom. The Morgan fingerprint density at radius 3 is 1.26 bits per heavy atom. The van der Waals surface area contributed by atoms with Crippen molar-refractivity contribution in [3.05, 3.63) is 0 Å². The average molecular weight is 663 g/mol. The minimum atomic E-state index is -0.666. The van der Waals surface area contributed by atoms with E-state index in [0.29, 0.717) is 52.7 Å². The number of hydrogen-bond donors (Lipinski definition) is 6. The minimum absolute atomic E-state index is 0.0280. The van der Waals surface area contributed by atoms with Gasteiger partial charge in [0.05, 0.1) is 85.6 Å². The fraction of sp³-hybridized carbons (Fsp3) is 0.741. The Hall–Kier alpha value is -3.91. The molecule has 0 aliphatic heterocycles. The summed E-state index contributed by atoms with van der Waals surface area (Å²) in [6.07, 6.45) is 0.0280. The minimum Gasteiger partial charge on any atom is -0.379 e. The number of nitrogens with one attached hydrogen (secondary N) is 5. The number of nitrogens with two attached hydrogens (primary N) is 1. The van der Waals surface area contributed by atoms with Crippen molar-refractivity contribution in [3.63, 3.8) is 0 Å². The zero-order valence-corrected chi connectivity index (χ0v) is 27.0. The Kier molecular flexibility index (Phi) is 25.1. The van der Waals surface area contributed by atoms with E-state index in [-0.39, 0.29) is 51.1 Å². The number of hydrogen-bond acceptors (Lipinski definition) is 12. The first-order valence-corrected chi connectivity index (χ1v) is 14.8.